The van der Waals surface area contributed by atoms with E-state index in [1.165, 1.54) is 0 Å². The number of carbonyl (C=O) groups is 1. The third-order valence-corrected chi connectivity index (χ3v) is 3.47. The summed E-state index contributed by atoms with van der Waals surface area (Å²) in [5.41, 5.74) is 6.52. The second-order valence-corrected chi connectivity index (χ2v) is 6.20. The Morgan fingerprint density at radius 2 is 2.05 bits per heavy atom. The first-order chi connectivity index (χ1) is 10.4. The van der Waals surface area contributed by atoms with Crippen molar-refractivity contribution in [2.45, 2.75) is 32.7 Å². The standard InChI is InChI=1S/C16H23N5O/c1-12(2)9-16(3,11-17)18-15(22)14-10-21(20-19-14)13-7-5-4-6-8-13/h4-8,10,12H,9,11,17H2,1-3H3,(H,18,22). The Labute approximate surface area is 130 Å². The largest absolute Gasteiger partial charge is 0.344 e. The number of nitrogens with zero attached hydrogens (tertiary/aromatic N) is 3. The van der Waals surface area contributed by atoms with Crippen LogP contribution in [0, 0.1) is 5.92 Å². The van der Waals surface area contributed by atoms with E-state index < -0.39 is 5.54 Å². The van der Waals surface area contributed by atoms with Crippen LogP contribution in [0.15, 0.2) is 36.5 Å². The minimum Gasteiger partial charge on any atom is -0.344 e. The number of aromatic nitrogens is 3. The fraction of sp³-hybridized carbons (Fsp3) is 0.438. The molecule has 0 fully saturated rings. The zero-order valence-corrected chi connectivity index (χ0v) is 13.3. The van der Waals surface area contributed by atoms with Gasteiger partial charge in [-0.3, -0.25) is 4.79 Å². The molecular formula is C16H23N5O. The van der Waals surface area contributed by atoms with Crippen LogP contribution in [0.25, 0.3) is 5.69 Å². The number of rotatable bonds is 6. The normalized spacial score (nSPS) is 13.9. The maximum atomic E-state index is 12.4. The monoisotopic (exact) mass is 301 g/mol. The van der Waals surface area contributed by atoms with E-state index in [0.717, 1.165) is 12.1 Å². The number of carbonyl (C=O) groups excluding carboxylic acids is 1. The first-order valence-corrected chi connectivity index (χ1v) is 7.44. The second kappa shape index (κ2) is 6.70. The van der Waals surface area contributed by atoms with E-state index in [2.05, 4.69) is 29.5 Å². The molecule has 2 aromatic rings. The number of hydrogen-bond acceptors (Lipinski definition) is 4. The molecule has 118 valence electrons. The van der Waals surface area contributed by atoms with Gasteiger partial charge < -0.3 is 11.1 Å². The number of benzene rings is 1. The molecule has 0 saturated carbocycles. The molecule has 2 rings (SSSR count). The van der Waals surface area contributed by atoms with Gasteiger partial charge in [0.25, 0.3) is 5.91 Å². The molecule has 6 heteroatoms. The molecule has 0 radical (unpaired) electrons. The summed E-state index contributed by atoms with van der Waals surface area (Å²) >= 11 is 0. The first-order valence-electron chi connectivity index (χ1n) is 7.44. The van der Waals surface area contributed by atoms with Crippen LogP contribution in [-0.4, -0.2) is 33.0 Å². The van der Waals surface area contributed by atoms with Crippen LogP contribution < -0.4 is 11.1 Å². The molecule has 0 saturated heterocycles. The van der Waals surface area contributed by atoms with Gasteiger partial charge in [-0.15, -0.1) is 5.10 Å². The zero-order chi connectivity index (χ0) is 16.2. The third kappa shape index (κ3) is 3.92. The molecule has 0 aliphatic heterocycles. The highest BCUT2D eigenvalue weighted by Gasteiger charge is 2.27. The van der Waals surface area contributed by atoms with E-state index >= 15 is 0 Å². The van der Waals surface area contributed by atoms with Crippen molar-refractivity contribution in [3.05, 3.63) is 42.2 Å². The van der Waals surface area contributed by atoms with Gasteiger partial charge in [-0.1, -0.05) is 37.3 Å². The summed E-state index contributed by atoms with van der Waals surface area (Å²) in [6, 6.07) is 9.54. The van der Waals surface area contributed by atoms with Gasteiger partial charge in [0.2, 0.25) is 0 Å². The van der Waals surface area contributed by atoms with Gasteiger partial charge in [0.15, 0.2) is 5.69 Å². The van der Waals surface area contributed by atoms with Gasteiger partial charge in [-0.2, -0.15) is 0 Å². The molecule has 1 heterocycles. The molecule has 1 aromatic heterocycles. The van der Waals surface area contributed by atoms with Gasteiger partial charge >= 0.3 is 0 Å². The van der Waals surface area contributed by atoms with Crippen LogP contribution in [0.5, 0.6) is 0 Å². The number of hydrogen-bond donors (Lipinski definition) is 2. The highest BCUT2D eigenvalue weighted by atomic mass is 16.2. The minimum atomic E-state index is -0.443. The molecular weight excluding hydrogens is 278 g/mol. The molecule has 3 N–H and O–H groups in total. The Morgan fingerprint density at radius 3 is 2.64 bits per heavy atom. The summed E-state index contributed by atoms with van der Waals surface area (Å²) in [4.78, 5) is 12.4. The summed E-state index contributed by atoms with van der Waals surface area (Å²) in [5, 5.41) is 10.9. The van der Waals surface area contributed by atoms with Crippen molar-refractivity contribution in [1.29, 1.82) is 0 Å². The van der Waals surface area contributed by atoms with Gasteiger partial charge in [-0.05, 0) is 31.4 Å². The Bertz CT molecular complexity index is 622. The van der Waals surface area contributed by atoms with Crippen molar-refractivity contribution in [2.75, 3.05) is 6.54 Å². The lowest BCUT2D eigenvalue weighted by molar-refractivity contribution is 0.0893. The van der Waals surface area contributed by atoms with Crippen molar-refractivity contribution in [1.82, 2.24) is 20.3 Å². The molecule has 1 atom stereocenters. The summed E-state index contributed by atoms with van der Waals surface area (Å²) in [7, 11) is 0. The topological polar surface area (TPSA) is 85.8 Å². The molecule has 0 aliphatic rings. The SMILES string of the molecule is CC(C)CC(C)(CN)NC(=O)c1cn(-c2ccccc2)nn1. The maximum Gasteiger partial charge on any atom is 0.273 e. The molecule has 1 aromatic carbocycles. The fourth-order valence-corrected chi connectivity index (χ4v) is 2.50. The van der Waals surface area contributed by atoms with Crippen LogP contribution in [0.4, 0.5) is 0 Å². The van der Waals surface area contributed by atoms with Gasteiger partial charge in [-0.25, -0.2) is 4.68 Å². The van der Waals surface area contributed by atoms with Crippen molar-refractivity contribution in [3.63, 3.8) is 0 Å². The van der Waals surface area contributed by atoms with E-state index in [4.69, 9.17) is 5.73 Å². The number of para-hydroxylation sites is 1. The van der Waals surface area contributed by atoms with E-state index in [1.54, 1.807) is 10.9 Å². The smallest absolute Gasteiger partial charge is 0.273 e. The predicted octanol–water partition coefficient (Wildman–Crippen LogP) is 1.76. The molecule has 0 bridgehead atoms. The number of nitrogens with two attached hydrogens (primary N) is 1. The lowest BCUT2D eigenvalue weighted by Gasteiger charge is -2.30. The Balaban J connectivity index is 2.12. The highest BCUT2D eigenvalue weighted by Crippen LogP contribution is 2.16. The van der Waals surface area contributed by atoms with E-state index in [1.807, 2.05) is 37.3 Å². The molecule has 6 nitrogen and oxygen atoms in total. The fourth-order valence-electron chi connectivity index (χ4n) is 2.50. The molecule has 1 amide bonds. The van der Waals surface area contributed by atoms with E-state index in [9.17, 15) is 4.79 Å². The van der Waals surface area contributed by atoms with Gasteiger partial charge in [0.05, 0.1) is 17.4 Å². The molecule has 0 aliphatic carbocycles. The van der Waals surface area contributed by atoms with Crippen LogP contribution >= 0.6 is 0 Å². The molecule has 0 spiro atoms. The number of nitrogens with one attached hydrogen (secondary N) is 1. The van der Waals surface area contributed by atoms with Crippen molar-refractivity contribution >= 4 is 5.91 Å². The lowest BCUT2D eigenvalue weighted by Crippen LogP contribution is -2.52. The average Bonchev–Trinajstić information content (AvgIpc) is 2.97. The van der Waals surface area contributed by atoms with E-state index in [0.29, 0.717) is 12.5 Å². The molecule has 1 unspecified atom stereocenters. The first kappa shape index (κ1) is 16.2. The average molecular weight is 301 g/mol. The summed E-state index contributed by atoms with van der Waals surface area (Å²) < 4.78 is 1.58. The van der Waals surface area contributed by atoms with Crippen LogP contribution in [0.2, 0.25) is 0 Å². The lowest BCUT2D eigenvalue weighted by atomic mass is 9.90. The van der Waals surface area contributed by atoms with Crippen LogP contribution in [0.1, 0.15) is 37.7 Å². The van der Waals surface area contributed by atoms with Crippen molar-refractivity contribution < 1.29 is 4.79 Å². The Kier molecular flexibility index (Phi) is 4.92. The quantitative estimate of drug-likeness (QED) is 0.851. The van der Waals surface area contributed by atoms with Gasteiger partial charge in [0.1, 0.15) is 0 Å². The molecule has 22 heavy (non-hydrogen) atoms. The Hall–Kier alpha value is -2.21. The highest BCUT2D eigenvalue weighted by molar-refractivity contribution is 5.92. The zero-order valence-electron chi connectivity index (χ0n) is 13.3. The summed E-state index contributed by atoms with van der Waals surface area (Å²) in [6.07, 6.45) is 2.43. The minimum absolute atomic E-state index is 0.254. The van der Waals surface area contributed by atoms with Crippen LogP contribution in [-0.2, 0) is 0 Å². The summed E-state index contributed by atoms with van der Waals surface area (Å²) in [5.74, 6) is 0.185. The van der Waals surface area contributed by atoms with Crippen molar-refractivity contribution in [2.24, 2.45) is 11.7 Å². The second-order valence-electron chi connectivity index (χ2n) is 6.20. The summed E-state index contributed by atoms with van der Waals surface area (Å²) in [6.45, 7) is 6.54. The van der Waals surface area contributed by atoms with Crippen LogP contribution in [0.3, 0.4) is 0 Å². The maximum absolute atomic E-state index is 12.4. The van der Waals surface area contributed by atoms with E-state index in [-0.39, 0.29) is 11.6 Å². The third-order valence-electron chi connectivity index (χ3n) is 3.47. The van der Waals surface area contributed by atoms with Crippen molar-refractivity contribution in [3.8, 4) is 5.69 Å². The number of amides is 1. The predicted molar refractivity (Wildman–Crippen MR) is 85.7 cm³/mol. The van der Waals surface area contributed by atoms with Gasteiger partial charge in [0, 0.05) is 6.54 Å². The Morgan fingerprint density at radius 1 is 1.36 bits per heavy atom.